The van der Waals surface area contributed by atoms with Gasteiger partial charge in [0.25, 0.3) is 5.91 Å². The van der Waals surface area contributed by atoms with Crippen molar-refractivity contribution in [2.45, 2.75) is 26.7 Å². The maximum atomic E-state index is 12.6. The molecule has 3 amide bonds. The number of likely N-dealkylation sites (tertiary alicyclic amines) is 1. The Morgan fingerprint density at radius 2 is 2.00 bits per heavy atom. The molecule has 0 unspecified atom stereocenters. The second kappa shape index (κ2) is 8.47. The molecule has 1 fully saturated rings. The Kier molecular flexibility index (Phi) is 6.35. The molecule has 2 N–H and O–H groups in total. The third-order valence-electron chi connectivity index (χ3n) is 4.25. The molecular weight excluding hydrogens is 306 g/mol. The van der Waals surface area contributed by atoms with Gasteiger partial charge in [-0.15, -0.1) is 0 Å². The molecule has 0 saturated carbocycles. The minimum Gasteiger partial charge on any atom is -0.356 e. The zero-order valence-electron chi connectivity index (χ0n) is 14.2. The number of nitrogens with one attached hydrogen (secondary N) is 2. The summed E-state index contributed by atoms with van der Waals surface area (Å²) in [5, 5.41) is 5.51. The van der Waals surface area contributed by atoms with Crippen molar-refractivity contribution >= 4 is 23.9 Å². The van der Waals surface area contributed by atoms with E-state index in [1.54, 1.807) is 24.3 Å². The maximum Gasteiger partial charge on any atom is 0.253 e. The number of benzene rings is 1. The maximum absolute atomic E-state index is 12.6. The number of carbonyl (C=O) groups excluding carboxylic acids is 3. The molecule has 1 atom stereocenters. The molecule has 0 aliphatic carbocycles. The molecule has 0 radical (unpaired) electrons. The summed E-state index contributed by atoms with van der Waals surface area (Å²) in [6.07, 6.45) is 2.57. The molecule has 2 rings (SSSR count). The summed E-state index contributed by atoms with van der Waals surface area (Å²) in [4.78, 5) is 36.6. The Morgan fingerprint density at radius 3 is 2.62 bits per heavy atom. The highest BCUT2D eigenvalue weighted by molar-refractivity contribution is 5.94. The molecule has 1 aromatic rings. The monoisotopic (exact) mass is 331 g/mol. The van der Waals surface area contributed by atoms with Crippen molar-refractivity contribution in [1.82, 2.24) is 10.2 Å². The first-order valence-electron chi connectivity index (χ1n) is 8.38. The van der Waals surface area contributed by atoms with Crippen LogP contribution in [0.2, 0.25) is 0 Å². The number of carbonyl (C=O) groups is 3. The molecule has 1 saturated heterocycles. The van der Waals surface area contributed by atoms with E-state index in [4.69, 9.17) is 0 Å². The number of rotatable bonds is 6. The summed E-state index contributed by atoms with van der Waals surface area (Å²) >= 11 is 0. The first-order chi connectivity index (χ1) is 11.5. The van der Waals surface area contributed by atoms with Gasteiger partial charge in [0.05, 0.1) is 0 Å². The number of hydrogen-bond donors (Lipinski definition) is 2. The van der Waals surface area contributed by atoms with Gasteiger partial charge in [0.15, 0.2) is 0 Å². The van der Waals surface area contributed by atoms with Gasteiger partial charge in [-0.05, 0) is 43.0 Å². The van der Waals surface area contributed by atoms with Gasteiger partial charge in [-0.25, -0.2) is 0 Å². The molecule has 0 spiro atoms. The van der Waals surface area contributed by atoms with Crippen LogP contribution in [0, 0.1) is 11.8 Å². The molecule has 1 aliphatic rings. The lowest BCUT2D eigenvalue weighted by Gasteiger charge is -2.33. The van der Waals surface area contributed by atoms with Crippen molar-refractivity contribution in [2.24, 2.45) is 11.8 Å². The summed E-state index contributed by atoms with van der Waals surface area (Å²) in [6.45, 7) is 5.75. The van der Waals surface area contributed by atoms with Crippen LogP contribution in [0.25, 0.3) is 0 Å². The average molecular weight is 331 g/mol. The lowest BCUT2D eigenvalue weighted by atomic mass is 9.97. The highest BCUT2D eigenvalue weighted by Crippen LogP contribution is 2.19. The zero-order valence-corrected chi connectivity index (χ0v) is 14.2. The third-order valence-corrected chi connectivity index (χ3v) is 4.25. The average Bonchev–Trinajstić information content (AvgIpc) is 2.60. The van der Waals surface area contributed by atoms with E-state index in [1.165, 1.54) is 0 Å². The van der Waals surface area contributed by atoms with Crippen molar-refractivity contribution in [1.29, 1.82) is 0 Å². The summed E-state index contributed by atoms with van der Waals surface area (Å²) in [6, 6.07) is 6.87. The van der Waals surface area contributed by atoms with E-state index in [2.05, 4.69) is 10.6 Å². The van der Waals surface area contributed by atoms with E-state index >= 15 is 0 Å². The fraction of sp³-hybridized carbons (Fsp3) is 0.500. The van der Waals surface area contributed by atoms with Crippen LogP contribution < -0.4 is 10.6 Å². The number of nitrogens with zero attached hydrogens (tertiary/aromatic N) is 1. The Morgan fingerprint density at radius 1 is 1.29 bits per heavy atom. The first-order valence-corrected chi connectivity index (χ1v) is 8.38. The van der Waals surface area contributed by atoms with Crippen LogP contribution in [0.1, 0.15) is 37.0 Å². The molecular formula is C18H25N3O3. The second-order valence-corrected chi connectivity index (χ2v) is 6.50. The number of piperidine rings is 1. The zero-order chi connectivity index (χ0) is 17.5. The van der Waals surface area contributed by atoms with Crippen LogP contribution in [0.4, 0.5) is 5.69 Å². The van der Waals surface area contributed by atoms with Crippen LogP contribution in [-0.2, 0) is 9.59 Å². The van der Waals surface area contributed by atoms with Gasteiger partial charge in [-0.3, -0.25) is 14.4 Å². The molecule has 0 aromatic heterocycles. The highest BCUT2D eigenvalue weighted by Gasteiger charge is 2.25. The van der Waals surface area contributed by atoms with Gasteiger partial charge >= 0.3 is 0 Å². The molecule has 0 bridgehead atoms. The Balaban J connectivity index is 1.92. The lowest BCUT2D eigenvalue weighted by molar-refractivity contribution is -0.124. The SMILES string of the molecule is CC(C)C(=O)NC[C@H]1CCCN(C(=O)c2ccc(NC=O)cc2)C1. The van der Waals surface area contributed by atoms with Gasteiger partial charge in [0.1, 0.15) is 0 Å². The number of hydrogen-bond acceptors (Lipinski definition) is 3. The Bertz CT molecular complexity index is 584. The van der Waals surface area contributed by atoms with Crippen molar-refractivity contribution in [3.63, 3.8) is 0 Å². The van der Waals surface area contributed by atoms with Crippen LogP contribution in [0.3, 0.4) is 0 Å². The number of anilines is 1. The normalized spacial score (nSPS) is 17.5. The van der Waals surface area contributed by atoms with Gasteiger partial charge in [0.2, 0.25) is 12.3 Å². The predicted molar refractivity (Wildman–Crippen MR) is 92.6 cm³/mol. The summed E-state index contributed by atoms with van der Waals surface area (Å²) in [5.41, 5.74) is 1.27. The van der Waals surface area contributed by atoms with Crippen molar-refractivity contribution in [3.8, 4) is 0 Å². The fourth-order valence-corrected chi connectivity index (χ4v) is 2.82. The van der Waals surface area contributed by atoms with E-state index in [-0.39, 0.29) is 17.7 Å². The molecule has 1 heterocycles. The van der Waals surface area contributed by atoms with Crippen LogP contribution in [0.15, 0.2) is 24.3 Å². The largest absolute Gasteiger partial charge is 0.356 e. The van der Waals surface area contributed by atoms with E-state index in [9.17, 15) is 14.4 Å². The third kappa shape index (κ3) is 4.81. The molecule has 1 aromatic carbocycles. The van der Waals surface area contributed by atoms with E-state index in [0.717, 1.165) is 19.4 Å². The van der Waals surface area contributed by atoms with Crippen LogP contribution in [-0.4, -0.2) is 42.8 Å². The van der Waals surface area contributed by atoms with Gasteiger partial charge in [-0.1, -0.05) is 13.8 Å². The minimum atomic E-state index is -0.0233. The summed E-state index contributed by atoms with van der Waals surface area (Å²) in [7, 11) is 0. The first kappa shape index (κ1) is 18.0. The number of amides is 3. The predicted octanol–water partition coefficient (Wildman–Crippen LogP) is 1.88. The van der Waals surface area contributed by atoms with Gasteiger partial charge in [0, 0.05) is 36.8 Å². The van der Waals surface area contributed by atoms with E-state index < -0.39 is 0 Å². The van der Waals surface area contributed by atoms with E-state index in [0.29, 0.717) is 36.7 Å². The smallest absolute Gasteiger partial charge is 0.253 e. The summed E-state index contributed by atoms with van der Waals surface area (Å²) in [5.74, 6) is 0.315. The molecule has 6 heteroatoms. The fourth-order valence-electron chi connectivity index (χ4n) is 2.82. The standard InChI is InChI=1S/C18H25N3O3/c1-13(2)17(23)19-10-14-4-3-9-21(11-14)18(24)15-5-7-16(8-6-15)20-12-22/h5-8,12-14H,3-4,9-11H2,1-2H3,(H,19,23)(H,20,22)/t14-/m1/s1. The van der Waals surface area contributed by atoms with Crippen molar-refractivity contribution < 1.29 is 14.4 Å². The van der Waals surface area contributed by atoms with Crippen LogP contribution >= 0.6 is 0 Å². The lowest BCUT2D eigenvalue weighted by Crippen LogP contribution is -2.44. The summed E-state index contributed by atoms with van der Waals surface area (Å²) < 4.78 is 0. The van der Waals surface area contributed by atoms with Crippen LogP contribution in [0.5, 0.6) is 0 Å². The molecule has 130 valence electrons. The highest BCUT2D eigenvalue weighted by atomic mass is 16.2. The minimum absolute atomic E-state index is 0.00691. The Labute approximate surface area is 142 Å². The topological polar surface area (TPSA) is 78.5 Å². The Hall–Kier alpha value is -2.37. The van der Waals surface area contributed by atoms with Crippen molar-refractivity contribution in [3.05, 3.63) is 29.8 Å². The molecule has 6 nitrogen and oxygen atoms in total. The molecule has 24 heavy (non-hydrogen) atoms. The van der Waals surface area contributed by atoms with Gasteiger partial charge < -0.3 is 15.5 Å². The second-order valence-electron chi connectivity index (χ2n) is 6.50. The molecule has 1 aliphatic heterocycles. The van der Waals surface area contributed by atoms with Crippen molar-refractivity contribution in [2.75, 3.05) is 25.0 Å². The quantitative estimate of drug-likeness (QED) is 0.781. The van der Waals surface area contributed by atoms with E-state index in [1.807, 2.05) is 18.7 Å². The van der Waals surface area contributed by atoms with Gasteiger partial charge in [-0.2, -0.15) is 0 Å².